The van der Waals surface area contributed by atoms with Gasteiger partial charge in [-0.25, -0.2) is 14.4 Å². The van der Waals surface area contributed by atoms with Crippen LogP contribution in [-0.2, 0) is 23.1 Å². The Morgan fingerprint density at radius 2 is 1.88 bits per heavy atom. The molecule has 172 valence electrons. The number of hydrogen-bond donors (Lipinski definition) is 1. The molecule has 0 aliphatic rings. The third kappa shape index (κ3) is 5.04. The molecule has 11 heteroatoms. The second-order valence-corrected chi connectivity index (χ2v) is 10.4. The van der Waals surface area contributed by atoms with Crippen LogP contribution < -0.4 is 0 Å². The molecule has 0 spiro atoms. The Morgan fingerprint density at radius 1 is 1.12 bits per heavy atom. The van der Waals surface area contributed by atoms with Gasteiger partial charge in [0.2, 0.25) is 0 Å². The number of rotatable bonds is 6. The van der Waals surface area contributed by atoms with Gasteiger partial charge >= 0.3 is 12.1 Å². The fraction of sp³-hybridized carbons (Fsp3) is 0.227. The van der Waals surface area contributed by atoms with Crippen molar-refractivity contribution in [1.82, 2.24) is 9.97 Å². The van der Waals surface area contributed by atoms with Gasteiger partial charge in [-0.2, -0.15) is 13.2 Å². The van der Waals surface area contributed by atoms with Gasteiger partial charge in [-0.1, -0.05) is 12.1 Å². The van der Waals surface area contributed by atoms with Crippen molar-refractivity contribution in [3.63, 3.8) is 0 Å². The predicted octanol–water partition coefficient (Wildman–Crippen LogP) is 7.11. The summed E-state index contributed by atoms with van der Waals surface area (Å²) in [7, 11) is 0. The van der Waals surface area contributed by atoms with Gasteiger partial charge in [0.05, 0.1) is 27.9 Å². The van der Waals surface area contributed by atoms with Crippen LogP contribution in [0.15, 0.2) is 35.2 Å². The van der Waals surface area contributed by atoms with E-state index in [2.05, 4.69) is 9.97 Å². The van der Waals surface area contributed by atoms with Gasteiger partial charge in [0.15, 0.2) is 0 Å². The summed E-state index contributed by atoms with van der Waals surface area (Å²) in [4.78, 5) is 21.8. The van der Waals surface area contributed by atoms with E-state index in [1.165, 1.54) is 28.7 Å². The summed E-state index contributed by atoms with van der Waals surface area (Å²) < 4.78 is 53.4. The molecule has 0 saturated heterocycles. The second kappa shape index (κ2) is 9.03. The maximum absolute atomic E-state index is 14.0. The van der Waals surface area contributed by atoms with Crippen LogP contribution in [0.25, 0.3) is 20.8 Å². The van der Waals surface area contributed by atoms with Crippen molar-refractivity contribution in [3.8, 4) is 10.6 Å². The zero-order valence-electron chi connectivity index (χ0n) is 17.3. The third-order valence-corrected chi connectivity index (χ3v) is 8.67. The summed E-state index contributed by atoms with van der Waals surface area (Å²) in [6.07, 6.45) is -4.88. The highest BCUT2D eigenvalue weighted by molar-refractivity contribution is 7.99. The second-order valence-electron chi connectivity index (χ2n) is 7.25. The lowest BCUT2D eigenvalue weighted by atomic mass is 10.1. The summed E-state index contributed by atoms with van der Waals surface area (Å²) in [5, 5.41) is 10.0. The number of thiazole rings is 2. The van der Waals surface area contributed by atoms with Crippen molar-refractivity contribution in [2.24, 2.45) is 0 Å². The first kappa shape index (κ1) is 23.7. The number of thioether (sulfide) groups is 1. The van der Waals surface area contributed by atoms with E-state index in [9.17, 15) is 22.4 Å². The van der Waals surface area contributed by atoms with E-state index in [1.54, 1.807) is 18.7 Å². The highest BCUT2D eigenvalue weighted by Crippen LogP contribution is 2.40. The molecule has 0 atom stereocenters. The van der Waals surface area contributed by atoms with E-state index in [0.717, 1.165) is 43.4 Å². The molecule has 0 bridgehead atoms. The molecule has 1 N–H and O–H groups in total. The molecule has 0 aliphatic heterocycles. The molecule has 4 aromatic rings. The molecule has 2 aromatic carbocycles. The average Bonchev–Trinajstić information content (AvgIpc) is 3.28. The number of carboxylic acids is 1. The fourth-order valence-electron chi connectivity index (χ4n) is 3.20. The minimum absolute atomic E-state index is 0.135. The van der Waals surface area contributed by atoms with Crippen LogP contribution in [-0.4, -0.2) is 21.0 Å². The number of halogens is 4. The Morgan fingerprint density at radius 3 is 2.55 bits per heavy atom. The van der Waals surface area contributed by atoms with Gasteiger partial charge in [-0.05, 0) is 37.6 Å². The zero-order valence-corrected chi connectivity index (χ0v) is 19.7. The van der Waals surface area contributed by atoms with Gasteiger partial charge in [0, 0.05) is 21.1 Å². The average molecular weight is 513 g/mol. The number of nitrogens with zero attached hydrogens (tertiary/aromatic N) is 2. The standard InChI is InChI=1S/C22H16F4N2O2S3/c1-10-3-6-15-20(33-17(28-15)8-18(29)30)19(10)31-9-16-11(2)27-21(32-16)12-4-5-13(14(23)7-12)22(24,25)26/h3-7H,8-9H2,1-2H3,(H,29,30). The van der Waals surface area contributed by atoms with Crippen LogP contribution in [0.1, 0.15) is 26.7 Å². The van der Waals surface area contributed by atoms with Crippen LogP contribution >= 0.6 is 34.4 Å². The number of fused-ring (bicyclic) bond motifs is 1. The number of alkyl halides is 3. The van der Waals surface area contributed by atoms with Gasteiger partial charge in [0.1, 0.15) is 15.8 Å². The van der Waals surface area contributed by atoms with Crippen LogP contribution in [0.4, 0.5) is 17.6 Å². The predicted molar refractivity (Wildman–Crippen MR) is 123 cm³/mol. The zero-order chi connectivity index (χ0) is 23.9. The first-order valence-corrected chi connectivity index (χ1v) is 12.2. The Bertz CT molecular complexity index is 1360. The summed E-state index contributed by atoms with van der Waals surface area (Å²) in [5.41, 5.74) is 1.50. The van der Waals surface area contributed by atoms with E-state index in [4.69, 9.17) is 5.11 Å². The lowest BCUT2D eigenvalue weighted by Crippen LogP contribution is -2.07. The highest BCUT2D eigenvalue weighted by Gasteiger charge is 2.34. The third-order valence-electron chi connectivity index (χ3n) is 4.82. The lowest BCUT2D eigenvalue weighted by molar-refractivity contribution is -0.140. The quantitative estimate of drug-likeness (QED) is 0.220. The number of hydrogen-bond acceptors (Lipinski definition) is 6. The van der Waals surface area contributed by atoms with Crippen LogP contribution in [0.3, 0.4) is 0 Å². The molecule has 0 radical (unpaired) electrons. The number of aromatic nitrogens is 2. The minimum Gasteiger partial charge on any atom is -0.481 e. The topological polar surface area (TPSA) is 63.1 Å². The van der Waals surface area contributed by atoms with Crippen molar-refractivity contribution in [1.29, 1.82) is 0 Å². The lowest BCUT2D eigenvalue weighted by Gasteiger charge is -2.08. The Kier molecular flexibility index (Phi) is 6.47. The number of benzene rings is 2. The summed E-state index contributed by atoms with van der Waals surface area (Å²) >= 11 is 4.23. The van der Waals surface area contributed by atoms with E-state index >= 15 is 0 Å². The van der Waals surface area contributed by atoms with Crippen molar-refractivity contribution in [2.75, 3.05) is 0 Å². The highest BCUT2D eigenvalue weighted by atomic mass is 32.2. The maximum Gasteiger partial charge on any atom is 0.419 e. The number of carbonyl (C=O) groups is 1. The Hall–Kier alpha value is -2.50. The van der Waals surface area contributed by atoms with E-state index in [1.807, 2.05) is 19.1 Å². The molecule has 0 fully saturated rings. The van der Waals surface area contributed by atoms with Gasteiger partial charge in [0.25, 0.3) is 0 Å². The van der Waals surface area contributed by atoms with Crippen LogP contribution in [0, 0.1) is 19.7 Å². The molecule has 33 heavy (non-hydrogen) atoms. The molecule has 0 unspecified atom stereocenters. The Balaban J connectivity index is 1.59. The number of carboxylic acid groups (broad SMARTS) is 1. The normalized spacial score (nSPS) is 11.9. The molecule has 4 rings (SSSR count). The smallest absolute Gasteiger partial charge is 0.419 e. The van der Waals surface area contributed by atoms with Crippen molar-refractivity contribution >= 4 is 50.6 Å². The van der Waals surface area contributed by atoms with E-state index < -0.39 is 23.5 Å². The van der Waals surface area contributed by atoms with Crippen molar-refractivity contribution in [2.45, 2.75) is 37.1 Å². The molecule has 0 saturated carbocycles. The minimum atomic E-state index is -4.75. The molecular formula is C22H16F4N2O2S3. The first-order chi connectivity index (χ1) is 15.5. The maximum atomic E-state index is 14.0. The van der Waals surface area contributed by atoms with Crippen LogP contribution in [0.5, 0.6) is 0 Å². The molecule has 2 aromatic heterocycles. The van der Waals surface area contributed by atoms with Gasteiger partial charge < -0.3 is 5.11 Å². The summed E-state index contributed by atoms with van der Waals surface area (Å²) in [5.74, 6) is -1.71. The summed E-state index contributed by atoms with van der Waals surface area (Å²) in [6.45, 7) is 3.77. The summed E-state index contributed by atoms with van der Waals surface area (Å²) in [6, 6.07) is 6.63. The number of aryl methyl sites for hydroxylation is 2. The largest absolute Gasteiger partial charge is 0.481 e. The molecule has 4 nitrogen and oxygen atoms in total. The molecule has 0 amide bonds. The molecule has 2 heterocycles. The van der Waals surface area contributed by atoms with E-state index in [-0.39, 0.29) is 6.42 Å². The van der Waals surface area contributed by atoms with Crippen molar-refractivity contribution < 1.29 is 27.5 Å². The van der Waals surface area contributed by atoms with Crippen molar-refractivity contribution in [3.05, 3.63) is 62.9 Å². The van der Waals surface area contributed by atoms with Crippen LogP contribution in [0.2, 0.25) is 0 Å². The first-order valence-electron chi connectivity index (χ1n) is 9.60. The molecule has 0 aliphatic carbocycles. The number of aliphatic carboxylic acids is 1. The monoisotopic (exact) mass is 512 g/mol. The van der Waals surface area contributed by atoms with Gasteiger partial charge in [-0.3, -0.25) is 4.79 Å². The fourth-order valence-corrected chi connectivity index (χ4v) is 6.83. The Labute approximate surface area is 198 Å². The van der Waals surface area contributed by atoms with Gasteiger partial charge in [-0.15, -0.1) is 34.4 Å². The molecular weight excluding hydrogens is 496 g/mol. The SMILES string of the molecule is Cc1ccc2nc(CC(=O)O)sc2c1SCc1sc(-c2ccc(C(F)(F)F)c(F)c2)nc1C. The van der Waals surface area contributed by atoms with E-state index in [0.29, 0.717) is 21.3 Å².